The summed E-state index contributed by atoms with van der Waals surface area (Å²) in [6.07, 6.45) is -0.655. The zero-order chi connectivity index (χ0) is 23.5. The molecule has 170 valence electrons. The molecule has 2 aromatic rings. The van der Waals surface area contributed by atoms with Crippen molar-refractivity contribution in [2.24, 2.45) is 0 Å². The lowest BCUT2D eigenvalue weighted by molar-refractivity contribution is -0.0999. The van der Waals surface area contributed by atoms with Gasteiger partial charge >= 0.3 is 6.09 Å². The quantitative estimate of drug-likeness (QED) is 0.658. The molecule has 32 heavy (non-hydrogen) atoms. The molecule has 8 heteroatoms. The molecule has 1 heterocycles. The number of nitrogens with one attached hydrogen (secondary N) is 1. The molecule has 3 rings (SSSR count). The normalized spacial score (nSPS) is 14.2. The van der Waals surface area contributed by atoms with E-state index >= 15 is 0 Å². The summed E-state index contributed by atoms with van der Waals surface area (Å²) in [6, 6.07) is 11.6. The third-order valence-corrected chi connectivity index (χ3v) is 4.65. The van der Waals surface area contributed by atoms with Crippen LogP contribution in [0.25, 0.3) is 0 Å². The van der Waals surface area contributed by atoms with Gasteiger partial charge in [0.1, 0.15) is 18.0 Å². The number of rotatable bonds is 7. The van der Waals surface area contributed by atoms with Crippen LogP contribution >= 0.6 is 0 Å². The van der Waals surface area contributed by atoms with Crippen molar-refractivity contribution in [1.82, 2.24) is 10.4 Å². The fourth-order valence-electron chi connectivity index (χ4n) is 3.21. The van der Waals surface area contributed by atoms with Gasteiger partial charge in [-0.25, -0.2) is 4.79 Å². The highest BCUT2D eigenvalue weighted by Gasteiger charge is 2.37. The Hall–Kier alpha value is -3.39. The predicted octanol–water partition coefficient (Wildman–Crippen LogP) is 3.80. The number of imide groups is 1. The number of amides is 3. The molecule has 0 aliphatic carbocycles. The third kappa shape index (κ3) is 5.64. The zero-order valence-electron chi connectivity index (χ0n) is 18.9. The second kappa shape index (κ2) is 9.40. The van der Waals surface area contributed by atoms with Crippen LogP contribution in [0.3, 0.4) is 0 Å². The molecule has 0 spiro atoms. The first-order chi connectivity index (χ1) is 15.0. The maximum atomic E-state index is 12.5. The highest BCUT2D eigenvalue weighted by Crippen LogP contribution is 2.23. The molecule has 0 radical (unpaired) electrons. The summed E-state index contributed by atoms with van der Waals surface area (Å²) in [7, 11) is 0. The van der Waals surface area contributed by atoms with Crippen LogP contribution in [-0.4, -0.2) is 47.8 Å². The van der Waals surface area contributed by atoms with Crippen molar-refractivity contribution in [3.8, 4) is 5.75 Å². The lowest BCUT2D eigenvalue weighted by Gasteiger charge is -2.25. The fourth-order valence-corrected chi connectivity index (χ4v) is 3.21. The average Bonchev–Trinajstić information content (AvgIpc) is 2.94. The van der Waals surface area contributed by atoms with Crippen molar-refractivity contribution in [1.29, 1.82) is 0 Å². The second-order valence-electron chi connectivity index (χ2n) is 8.67. The molecule has 1 N–H and O–H groups in total. The van der Waals surface area contributed by atoms with Crippen molar-refractivity contribution in [2.45, 2.75) is 46.3 Å². The van der Waals surface area contributed by atoms with Crippen molar-refractivity contribution in [3.63, 3.8) is 0 Å². The number of hydrogen-bond donors (Lipinski definition) is 1. The molecule has 0 fully saturated rings. The van der Waals surface area contributed by atoms with Gasteiger partial charge in [-0.05, 0) is 58.4 Å². The third-order valence-electron chi connectivity index (χ3n) is 4.65. The van der Waals surface area contributed by atoms with Crippen LogP contribution in [0.5, 0.6) is 5.75 Å². The van der Waals surface area contributed by atoms with Gasteiger partial charge < -0.3 is 14.8 Å². The van der Waals surface area contributed by atoms with Gasteiger partial charge in [0.25, 0.3) is 11.8 Å². The van der Waals surface area contributed by atoms with Crippen molar-refractivity contribution >= 4 is 17.9 Å². The number of alkyl carbamates (subject to hydrolysis) is 1. The monoisotopic (exact) mass is 440 g/mol. The number of hydroxylamine groups is 2. The molecule has 1 aliphatic rings. The van der Waals surface area contributed by atoms with Crippen molar-refractivity contribution < 1.29 is 28.7 Å². The van der Waals surface area contributed by atoms with Crippen molar-refractivity contribution in [2.75, 3.05) is 13.2 Å². The fraction of sp³-hybridized carbons (Fsp3) is 0.375. The summed E-state index contributed by atoms with van der Waals surface area (Å²) in [5, 5.41) is 3.40. The van der Waals surface area contributed by atoms with E-state index in [9.17, 15) is 14.4 Å². The summed E-state index contributed by atoms with van der Waals surface area (Å²) in [4.78, 5) is 42.9. The van der Waals surface area contributed by atoms with E-state index in [1.54, 1.807) is 45.0 Å². The molecule has 0 saturated carbocycles. The van der Waals surface area contributed by atoms with E-state index in [4.69, 9.17) is 14.3 Å². The van der Waals surface area contributed by atoms with Gasteiger partial charge in [-0.1, -0.05) is 29.8 Å². The number of carbonyl (C=O) groups excluding carboxylic acids is 3. The Labute approximate surface area is 187 Å². The van der Waals surface area contributed by atoms with E-state index in [1.807, 2.05) is 32.0 Å². The molecule has 1 aliphatic heterocycles. The van der Waals surface area contributed by atoms with Crippen LogP contribution < -0.4 is 10.1 Å². The lowest BCUT2D eigenvalue weighted by atomic mass is 10.1. The van der Waals surface area contributed by atoms with Crippen LogP contribution in [0.1, 0.15) is 52.6 Å². The van der Waals surface area contributed by atoms with Crippen LogP contribution in [-0.2, 0) is 9.57 Å². The number of fused-ring (bicyclic) bond motifs is 1. The van der Waals surface area contributed by atoms with Crippen LogP contribution in [0.4, 0.5) is 4.79 Å². The first kappa shape index (κ1) is 23.3. The molecule has 0 saturated heterocycles. The van der Waals surface area contributed by atoms with E-state index < -0.39 is 29.6 Å². The first-order valence-electron chi connectivity index (χ1n) is 10.4. The molecule has 8 nitrogen and oxygen atoms in total. The summed E-state index contributed by atoms with van der Waals surface area (Å²) < 4.78 is 11.2. The number of ether oxygens (including phenoxy) is 2. The second-order valence-corrected chi connectivity index (χ2v) is 8.67. The van der Waals surface area contributed by atoms with E-state index in [1.165, 1.54) is 0 Å². The number of hydrogen-bond acceptors (Lipinski definition) is 6. The van der Waals surface area contributed by atoms with Crippen LogP contribution in [0.15, 0.2) is 42.5 Å². The zero-order valence-corrected chi connectivity index (χ0v) is 18.9. The Morgan fingerprint density at radius 3 is 2.19 bits per heavy atom. The molecule has 0 bridgehead atoms. The largest absolute Gasteiger partial charge is 0.491 e. The van der Waals surface area contributed by atoms with Gasteiger partial charge in [-0.15, -0.1) is 5.06 Å². The van der Waals surface area contributed by atoms with E-state index in [2.05, 4.69) is 5.32 Å². The maximum Gasteiger partial charge on any atom is 0.408 e. The summed E-state index contributed by atoms with van der Waals surface area (Å²) >= 11 is 0. The number of carbonyl (C=O) groups is 3. The highest BCUT2D eigenvalue weighted by atomic mass is 16.7. The lowest BCUT2D eigenvalue weighted by Crippen LogP contribution is -2.46. The molecule has 3 amide bonds. The van der Waals surface area contributed by atoms with Crippen molar-refractivity contribution in [3.05, 3.63) is 64.7 Å². The Balaban J connectivity index is 1.68. The van der Waals surface area contributed by atoms with Gasteiger partial charge in [-0.3, -0.25) is 14.4 Å². The summed E-state index contributed by atoms with van der Waals surface area (Å²) in [5.74, 6) is -0.429. The van der Waals surface area contributed by atoms with Crippen LogP contribution in [0.2, 0.25) is 0 Å². The number of aryl methyl sites for hydroxylation is 2. The Kier molecular flexibility index (Phi) is 6.84. The smallest absolute Gasteiger partial charge is 0.408 e. The van der Waals surface area contributed by atoms with E-state index in [-0.39, 0.29) is 24.3 Å². The molecular weight excluding hydrogens is 412 g/mol. The van der Waals surface area contributed by atoms with Gasteiger partial charge in [0.05, 0.1) is 23.8 Å². The standard InChI is InChI=1S/C24H28N2O6/c1-15-10-11-20(16(2)12-15)30-13-17(25-23(29)32-24(3,4)5)14-31-26-21(27)18-8-6-7-9-19(18)22(26)28/h6-12,17H,13-14H2,1-5H3,(H,25,29)/t17-/m1/s1. The molecule has 0 unspecified atom stereocenters. The maximum absolute atomic E-state index is 12.5. The first-order valence-corrected chi connectivity index (χ1v) is 10.4. The number of nitrogens with zero attached hydrogens (tertiary/aromatic N) is 1. The summed E-state index contributed by atoms with van der Waals surface area (Å²) in [6.45, 7) is 9.05. The highest BCUT2D eigenvalue weighted by molar-refractivity contribution is 6.20. The Morgan fingerprint density at radius 1 is 1.00 bits per heavy atom. The molecule has 0 aromatic heterocycles. The minimum atomic E-state index is -0.688. The minimum absolute atomic E-state index is 0.0479. The number of benzene rings is 2. The minimum Gasteiger partial charge on any atom is -0.491 e. The SMILES string of the molecule is Cc1ccc(OC[C@H](CON2C(=O)c3ccccc3C2=O)NC(=O)OC(C)(C)C)c(C)c1. The summed E-state index contributed by atoms with van der Waals surface area (Å²) in [5.41, 5.74) is 1.92. The van der Waals surface area contributed by atoms with Gasteiger partial charge in [0.15, 0.2) is 0 Å². The van der Waals surface area contributed by atoms with E-state index in [0.29, 0.717) is 10.8 Å². The Morgan fingerprint density at radius 2 is 1.62 bits per heavy atom. The Bertz CT molecular complexity index is 992. The van der Waals surface area contributed by atoms with Gasteiger partial charge in [0.2, 0.25) is 0 Å². The van der Waals surface area contributed by atoms with Gasteiger partial charge in [0, 0.05) is 0 Å². The van der Waals surface area contributed by atoms with E-state index in [0.717, 1.165) is 11.1 Å². The van der Waals surface area contributed by atoms with Gasteiger partial charge in [-0.2, -0.15) is 0 Å². The predicted molar refractivity (Wildman–Crippen MR) is 117 cm³/mol. The van der Waals surface area contributed by atoms with Crippen LogP contribution in [0, 0.1) is 13.8 Å². The molecular formula is C24H28N2O6. The average molecular weight is 440 g/mol. The molecule has 2 aromatic carbocycles. The molecule has 1 atom stereocenters. The topological polar surface area (TPSA) is 94.2 Å².